The molecule has 0 fully saturated rings. The van der Waals surface area contributed by atoms with Gasteiger partial charge in [-0.05, 0) is 34.2 Å². The quantitative estimate of drug-likeness (QED) is 0.625. The van der Waals surface area contributed by atoms with E-state index in [1.807, 2.05) is 30.3 Å². The first-order valence-corrected chi connectivity index (χ1v) is 7.92. The van der Waals surface area contributed by atoms with Crippen molar-refractivity contribution in [1.82, 2.24) is 25.1 Å². The highest BCUT2D eigenvalue weighted by molar-refractivity contribution is 5.91. The van der Waals surface area contributed by atoms with E-state index in [1.165, 1.54) is 15.9 Å². The van der Waals surface area contributed by atoms with E-state index in [-0.39, 0.29) is 12.5 Å². The maximum absolute atomic E-state index is 12.2. The summed E-state index contributed by atoms with van der Waals surface area (Å²) >= 11 is 0. The zero-order chi connectivity index (χ0) is 18.4. The molecule has 132 valence electrons. The number of nitrogens with zero attached hydrogens (tertiary/aromatic N) is 5. The molecular formula is C18H17N5O3. The molecule has 0 unspecified atom stereocenters. The Kier molecular flexibility index (Phi) is 5.33. The highest BCUT2D eigenvalue weighted by Crippen LogP contribution is 2.10. The number of likely N-dealkylation sites (N-methyl/N-ethyl adjacent to an activating group) is 1. The summed E-state index contributed by atoms with van der Waals surface area (Å²) in [6, 6.07) is 16.2. The molecule has 0 aliphatic heterocycles. The van der Waals surface area contributed by atoms with Crippen LogP contribution in [0.2, 0.25) is 0 Å². The van der Waals surface area contributed by atoms with Crippen molar-refractivity contribution in [3.8, 4) is 5.69 Å². The van der Waals surface area contributed by atoms with Crippen LogP contribution in [0.1, 0.15) is 15.9 Å². The lowest BCUT2D eigenvalue weighted by atomic mass is 10.2. The summed E-state index contributed by atoms with van der Waals surface area (Å²) in [7, 11) is 1.67. The Morgan fingerprint density at radius 2 is 1.92 bits per heavy atom. The van der Waals surface area contributed by atoms with Crippen LogP contribution < -0.4 is 0 Å². The van der Waals surface area contributed by atoms with Gasteiger partial charge in [0, 0.05) is 13.6 Å². The summed E-state index contributed by atoms with van der Waals surface area (Å²) in [5.41, 5.74) is 1.94. The zero-order valence-corrected chi connectivity index (χ0v) is 14.1. The van der Waals surface area contributed by atoms with E-state index in [0.717, 1.165) is 5.56 Å². The van der Waals surface area contributed by atoms with E-state index >= 15 is 0 Å². The van der Waals surface area contributed by atoms with Crippen LogP contribution in [-0.2, 0) is 16.1 Å². The van der Waals surface area contributed by atoms with Crippen LogP contribution in [0.15, 0.2) is 60.9 Å². The number of amides is 1. The minimum absolute atomic E-state index is 0.279. The second-order valence-electron chi connectivity index (χ2n) is 5.62. The van der Waals surface area contributed by atoms with E-state index in [4.69, 9.17) is 4.74 Å². The molecule has 0 saturated carbocycles. The van der Waals surface area contributed by atoms with Crippen molar-refractivity contribution in [3.63, 3.8) is 0 Å². The number of ether oxygens (including phenoxy) is 1. The fraction of sp³-hybridized carbons (Fsp3) is 0.167. The fourth-order valence-corrected chi connectivity index (χ4v) is 2.32. The Balaban J connectivity index is 1.57. The van der Waals surface area contributed by atoms with Crippen LogP contribution in [0.5, 0.6) is 0 Å². The Bertz CT molecular complexity index is 881. The molecule has 3 rings (SSSR count). The van der Waals surface area contributed by atoms with Gasteiger partial charge in [0.1, 0.15) is 6.33 Å². The van der Waals surface area contributed by atoms with Gasteiger partial charge in [-0.3, -0.25) is 4.79 Å². The third-order valence-electron chi connectivity index (χ3n) is 3.71. The number of rotatable bonds is 6. The highest BCUT2D eigenvalue weighted by atomic mass is 16.5. The SMILES string of the molecule is CN(Cc1ccccc1)C(=O)COC(=O)c1cccc(-n2cnnn2)c1. The van der Waals surface area contributed by atoms with Crippen molar-refractivity contribution in [1.29, 1.82) is 0 Å². The Hall–Kier alpha value is -3.55. The van der Waals surface area contributed by atoms with E-state index in [9.17, 15) is 9.59 Å². The molecule has 26 heavy (non-hydrogen) atoms. The van der Waals surface area contributed by atoms with E-state index < -0.39 is 5.97 Å². The normalized spacial score (nSPS) is 10.3. The van der Waals surface area contributed by atoms with Gasteiger partial charge < -0.3 is 9.64 Å². The highest BCUT2D eigenvalue weighted by Gasteiger charge is 2.14. The molecule has 0 N–H and O–H groups in total. The molecule has 0 radical (unpaired) electrons. The second-order valence-corrected chi connectivity index (χ2v) is 5.62. The van der Waals surface area contributed by atoms with Crippen molar-refractivity contribution in [3.05, 3.63) is 72.1 Å². The summed E-state index contributed by atoms with van der Waals surface area (Å²) < 4.78 is 6.56. The molecule has 0 spiro atoms. The number of tetrazole rings is 1. The van der Waals surface area contributed by atoms with Crippen LogP contribution in [0.4, 0.5) is 0 Å². The Morgan fingerprint density at radius 1 is 1.12 bits per heavy atom. The molecule has 1 heterocycles. The third kappa shape index (κ3) is 4.29. The molecule has 1 aromatic heterocycles. The van der Waals surface area contributed by atoms with Crippen LogP contribution in [0.25, 0.3) is 5.69 Å². The average molecular weight is 351 g/mol. The van der Waals surface area contributed by atoms with Crippen molar-refractivity contribution in [2.45, 2.75) is 6.54 Å². The van der Waals surface area contributed by atoms with Gasteiger partial charge in [-0.15, -0.1) is 5.10 Å². The molecule has 0 atom stereocenters. The summed E-state index contributed by atoms with van der Waals surface area (Å²) in [6.45, 7) is 0.128. The maximum Gasteiger partial charge on any atom is 0.338 e. The minimum Gasteiger partial charge on any atom is -0.452 e. The van der Waals surface area contributed by atoms with E-state index in [2.05, 4.69) is 15.5 Å². The van der Waals surface area contributed by atoms with Gasteiger partial charge in [0.15, 0.2) is 6.61 Å². The first-order chi connectivity index (χ1) is 12.6. The topological polar surface area (TPSA) is 90.2 Å². The van der Waals surface area contributed by atoms with Crippen molar-refractivity contribution >= 4 is 11.9 Å². The fourth-order valence-electron chi connectivity index (χ4n) is 2.32. The van der Waals surface area contributed by atoms with Gasteiger partial charge in [-0.25, -0.2) is 9.48 Å². The molecular weight excluding hydrogens is 334 g/mol. The van der Waals surface area contributed by atoms with Crippen molar-refractivity contribution < 1.29 is 14.3 Å². The van der Waals surface area contributed by atoms with Gasteiger partial charge in [0.05, 0.1) is 11.3 Å². The molecule has 8 heteroatoms. The molecule has 0 saturated heterocycles. The molecule has 0 aliphatic carbocycles. The molecule has 0 aliphatic rings. The molecule has 0 bridgehead atoms. The van der Waals surface area contributed by atoms with Crippen LogP contribution >= 0.6 is 0 Å². The Morgan fingerprint density at radius 3 is 2.65 bits per heavy atom. The summed E-state index contributed by atoms with van der Waals surface area (Å²) in [4.78, 5) is 25.9. The largest absolute Gasteiger partial charge is 0.452 e. The van der Waals surface area contributed by atoms with E-state index in [1.54, 1.807) is 31.3 Å². The summed E-state index contributed by atoms with van der Waals surface area (Å²) in [5.74, 6) is -0.861. The molecule has 1 amide bonds. The van der Waals surface area contributed by atoms with Crippen LogP contribution in [0, 0.1) is 0 Å². The number of hydrogen-bond acceptors (Lipinski definition) is 6. The van der Waals surface area contributed by atoms with Gasteiger partial charge >= 0.3 is 5.97 Å². The number of esters is 1. The number of aromatic nitrogens is 4. The van der Waals surface area contributed by atoms with Crippen molar-refractivity contribution in [2.75, 3.05) is 13.7 Å². The lowest BCUT2D eigenvalue weighted by Gasteiger charge is -2.17. The number of hydrogen-bond donors (Lipinski definition) is 0. The van der Waals surface area contributed by atoms with Crippen LogP contribution in [-0.4, -0.2) is 50.6 Å². The predicted molar refractivity (Wildman–Crippen MR) is 92.4 cm³/mol. The predicted octanol–water partition coefficient (Wildman–Crippen LogP) is 1.48. The van der Waals surface area contributed by atoms with E-state index in [0.29, 0.717) is 17.8 Å². The van der Waals surface area contributed by atoms with Gasteiger partial charge in [0.2, 0.25) is 0 Å². The lowest BCUT2D eigenvalue weighted by molar-refractivity contribution is -0.133. The first-order valence-electron chi connectivity index (χ1n) is 7.92. The number of carbonyl (C=O) groups excluding carboxylic acids is 2. The zero-order valence-electron chi connectivity index (χ0n) is 14.1. The third-order valence-corrected chi connectivity index (χ3v) is 3.71. The number of carbonyl (C=O) groups is 2. The molecule has 3 aromatic rings. The van der Waals surface area contributed by atoms with Gasteiger partial charge in [0.25, 0.3) is 5.91 Å². The van der Waals surface area contributed by atoms with Gasteiger partial charge in [-0.1, -0.05) is 36.4 Å². The number of benzene rings is 2. The minimum atomic E-state index is -0.582. The molecule has 2 aromatic carbocycles. The van der Waals surface area contributed by atoms with Gasteiger partial charge in [-0.2, -0.15) is 0 Å². The average Bonchev–Trinajstić information content (AvgIpc) is 3.21. The standard InChI is InChI=1S/C18H17N5O3/c1-22(11-14-6-3-2-4-7-14)17(24)12-26-18(25)15-8-5-9-16(10-15)23-13-19-20-21-23/h2-10,13H,11-12H2,1H3. The molecule has 8 nitrogen and oxygen atoms in total. The Labute approximate surface area is 150 Å². The first kappa shape index (κ1) is 17.3. The second kappa shape index (κ2) is 8.02. The maximum atomic E-state index is 12.2. The lowest BCUT2D eigenvalue weighted by Crippen LogP contribution is -2.30. The van der Waals surface area contributed by atoms with Crippen LogP contribution in [0.3, 0.4) is 0 Å². The smallest absolute Gasteiger partial charge is 0.338 e. The van der Waals surface area contributed by atoms with Crippen molar-refractivity contribution in [2.24, 2.45) is 0 Å². The summed E-state index contributed by atoms with van der Waals surface area (Å²) in [6.07, 6.45) is 1.42. The summed E-state index contributed by atoms with van der Waals surface area (Å²) in [5, 5.41) is 10.9. The monoisotopic (exact) mass is 351 g/mol.